The number of nitrogens with zero attached hydrogens (tertiary/aromatic N) is 1. The first kappa shape index (κ1) is 17.9. The summed E-state index contributed by atoms with van der Waals surface area (Å²) in [4.78, 5) is 11.4. The molecule has 1 aliphatic heterocycles. The van der Waals surface area contributed by atoms with Crippen LogP contribution < -0.4 is 5.32 Å². The summed E-state index contributed by atoms with van der Waals surface area (Å²) in [6.07, 6.45) is 3.39. The zero-order valence-corrected chi connectivity index (χ0v) is 15.3. The number of amides is 1. The third kappa shape index (κ3) is 4.02. The second-order valence-corrected chi connectivity index (χ2v) is 8.44. The smallest absolute Gasteiger partial charge is 0.243 e. The van der Waals surface area contributed by atoms with E-state index >= 15 is 0 Å². The van der Waals surface area contributed by atoms with Gasteiger partial charge in [-0.3, -0.25) is 4.79 Å². The van der Waals surface area contributed by atoms with Crippen molar-refractivity contribution in [2.45, 2.75) is 43.5 Å². The molecule has 0 unspecified atom stereocenters. The van der Waals surface area contributed by atoms with Crippen molar-refractivity contribution in [2.24, 2.45) is 0 Å². The fourth-order valence-corrected chi connectivity index (χ4v) is 5.22. The topological polar surface area (TPSA) is 66.5 Å². The standard InChI is InChI=1S/C19H24N2O3S/c1-15(22)20-12-11-18-8-4-5-13-21(18)25(23,24)19-10-9-16-6-2-3-7-17(16)14-19/h2-3,6-7,9-10,14,18H,4-5,8,11-13H2,1H3,(H,20,22)/t18-/m1/s1. The highest BCUT2D eigenvalue weighted by atomic mass is 32.2. The van der Waals surface area contributed by atoms with Crippen LogP contribution in [0.15, 0.2) is 47.4 Å². The summed E-state index contributed by atoms with van der Waals surface area (Å²) in [5.74, 6) is -0.0836. The molecule has 5 nitrogen and oxygen atoms in total. The van der Waals surface area contributed by atoms with Crippen molar-refractivity contribution in [3.8, 4) is 0 Å². The SMILES string of the molecule is CC(=O)NCC[C@H]1CCCCN1S(=O)(=O)c1ccc2ccccc2c1. The van der Waals surface area contributed by atoms with E-state index in [0.29, 0.717) is 24.4 Å². The van der Waals surface area contributed by atoms with Crippen molar-refractivity contribution >= 4 is 26.7 Å². The van der Waals surface area contributed by atoms with E-state index in [9.17, 15) is 13.2 Å². The van der Waals surface area contributed by atoms with Gasteiger partial charge in [0.05, 0.1) is 4.90 Å². The molecule has 1 amide bonds. The van der Waals surface area contributed by atoms with Crippen LogP contribution in [0.2, 0.25) is 0 Å². The average molecular weight is 360 g/mol. The number of sulfonamides is 1. The third-order valence-electron chi connectivity index (χ3n) is 4.75. The number of fused-ring (bicyclic) bond motifs is 1. The van der Waals surface area contributed by atoms with Gasteiger partial charge in [0.2, 0.25) is 15.9 Å². The van der Waals surface area contributed by atoms with Crippen LogP contribution in [0.1, 0.15) is 32.6 Å². The van der Waals surface area contributed by atoms with Crippen LogP contribution in [-0.2, 0) is 14.8 Å². The molecule has 1 aliphatic rings. The molecule has 2 aromatic carbocycles. The van der Waals surface area contributed by atoms with Crippen molar-refractivity contribution in [3.05, 3.63) is 42.5 Å². The molecule has 0 aromatic heterocycles. The van der Waals surface area contributed by atoms with Crippen molar-refractivity contribution in [1.82, 2.24) is 9.62 Å². The van der Waals surface area contributed by atoms with Crippen molar-refractivity contribution < 1.29 is 13.2 Å². The number of carbonyl (C=O) groups excluding carboxylic acids is 1. The molecule has 1 fully saturated rings. The lowest BCUT2D eigenvalue weighted by molar-refractivity contribution is -0.119. The molecule has 0 bridgehead atoms. The van der Waals surface area contributed by atoms with Crippen LogP contribution in [0.4, 0.5) is 0 Å². The number of hydrogen-bond donors (Lipinski definition) is 1. The first-order valence-corrected chi connectivity index (χ1v) is 10.2. The fraction of sp³-hybridized carbons (Fsp3) is 0.421. The highest BCUT2D eigenvalue weighted by Gasteiger charge is 2.33. The molecule has 2 aromatic rings. The van der Waals surface area contributed by atoms with Gasteiger partial charge in [-0.2, -0.15) is 4.31 Å². The normalized spacial score (nSPS) is 19.0. The quantitative estimate of drug-likeness (QED) is 0.891. The molecule has 1 saturated heterocycles. The Kier molecular flexibility index (Phi) is 5.39. The molecule has 0 radical (unpaired) electrons. The Morgan fingerprint density at radius 1 is 1.16 bits per heavy atom. The maximum atomic E-state index is 13.2. The molecule has 6 heteroatoms. The molecule has 1 atom stereocenters. The number of piperidine rings is 1. The van der Waals surface area contributed by atoms with E-state index < -0.39 is 10.0 Å². The Morgan fingerprint density at radius 3 is 2.68 bits per heavy atom. The van der Waals surface area contributed by atoms with Gasteiger partial charge >= 0.3 is 0 Å². The molecule has 134 valence electrons. The van der Waals surface area contributed by atoms with E-state index in [1.165, 1.54) is 6.92 Å². The van der Waals surface area contributed by atoms with E-state index in [2.05, 4.69) is 5.32 Å². The van der Waals surface area contributed by atoms with E-state index in [1.807, 2.05) is 30.3 Å². The molecule has 0 aliphatic carbocycles. The van der Waals surface area contributed by atoms with Crippen LogP contribution in [0, 0.1) is 0 Å². The first-order chi connectivity index (χ1) is 12.0. The maximum absolute atomic E-state index is 13.2. The van der Waals surface area contributed by atoms with Crippen LogP contribution >= 0.6 is 0 Å². The summed E-state index contributed by atoms with van der Waals surface area (Å²) >= 11 is 0. The number of hydrogen-bond acceptors (Lipinski definition) is 3. The van der Waals surface area contributed by atoms with Gasteiger partial charge in [-0.1, -0.05) is 36.8 Å². The molecule has 1 N–H and O–H groups in total. The summed E-state index contributed by atoms with van der Waals surface area (Å²) in [6, 6.07) is 13.0. The Balaban J connectivity index is 1.85. The van der Waals surface area contributed by atoms with Crippen LogP contribution in [-0.4, -0.2) is 37.8 Å². The van der Waals surface area contributed by atoms with Gasteiger partial charge in [-0.25, -0.2) is 8.42 Å². The van der Waals surface area contributed by atoms with Gasteiger partial charge in [0.1, 0.15) is 0 Å². The van der Waals surface area contributed by atoms with Crippen LogP contribution in [0.5, 0.6) is 0 Å². The fourth-order valence-electron chi connectivity index (χ4n) is 3.46. The van der Waals surface area contributed by atoms with E-state index in [-0.39, 0.29) is 11.9 Å². The van der Waals surface area contributed by atoms with Gasteiger partial charge in [-0.15, -0.1) is 0 Å². The molecule has 0 spiro atoms. The average Bonchev–Trinajstić information content (AvgIpc) is 2.61. The van der Waals surface area contributed by atoms with Gasteiger partial charge in [0.25, 0.3) is 0 Å². The molecular formula is C19H24N2O3S. The number of nitrogens with one attached hydrogen (secondary N) is 1. The molecule has 0 saturated carbocycles. The summed E-state index contributed by atoms with van der Waals surface area (Å²) in [5.41, 5.74) is 0. The second kappa shape index (κ2) is 7.54. The Morgan fingerprint density at radius 2 is 1.92 bits per heavy atom. The van der Waals surface area contributed by atoms with Crippen molar-refractivity contribution in [2.75, 3.05) is 13.1 Å². The van der Waals surface area contributed by atoms with E-state index in [0.717, 1.165) is 30.0 Å². The minimum absolute atomic E-state index is 0.0583. The first-order valence-electron chi connectivity index (χ1n) is 8.73. The summed E-state index contributed by atoms with van der Waals surface area (Å²) in [5, 5.41) is 4.72. The van der Waals surface area contributed by atoms with Crippen LogP contribution in [0.3, 0.4) is 0 Å². The minimum Gasteiger partial charge on any atom is -0.356 e. The summed E-state index contributed by atoms with van der Waals surface area (Å²) in [7, 11) is -3.53. The zero-order chi connectivity index (χ0) is 17.9. The van der Waals surface area contributed by atoms with Gasteiger partial charge in [-0.05, 0) is 42.2 Å². The second-order valence-electron chi connectivity index (χ2n) is 6.55. The lowest BCUT2D eigenvalue weighted by atomic mass is 10.0. The Bertz CT molecular complexity index is 864. The van der Waals surface area contributed by atoms with Gasteiger partial charge in [0.15, 0.2) is 0 Å². The maximum Gasteiger partial charge on any atom is 0.243 e. The summed E-state index contributed by atoms with van der Waals surface area (Å²) in [6.45, 7) is 2.52. The van der Waals surface area contributed by atoms with Gasteiger partial charge in [0, 0.05) is 26.1 Å². The predicted molar refractivity (Wildman–Crippen MR) is 98.8 cm³/mol. The highest BCUT2D eigenvalue weighted by molar-refractivity contribution is 7.89. The number of rotatable bonds is 5. The third-order valence-corrected chi connectivity index (χ3v) is 6.70. The van der Waals surface area contributed by atoms with Crippen molar-refractivity contribution in [3.63, 3.8) is 0 Å². The van der Waals surface area contributed by atoms with E-state index in [1.54, 1.807) is 16.4 Å². The largest absolute Gasteiger partial charge is 0.356 e. The minimum atomic E-state index is -3.53. The summed E-state index contributed by atoms with van der Waals surface area (Å²) < 4.78 is 28.0. The highest BCUT2D eigenvalue weighted by Crippen LogP contribution is 2.28. The lowest BCUT2D eigenvalue weighted by Crippen LogP contribution is -2.45. The zero-order valence-electron chi connectivity index (χ0n) is 14.4. The molecular weight excluding hydrogens is 336 g/mol. The Hall–Kier alpha value is -1.92. The Labute approximate surface area is 149 Å². The molecule has 3 rings (SSSR count). The molecule has 1 heterocycles. The lowest BCUT2D eigenvalue weighted by Gasteiger charge is -2.34. The number of carbonyl (C=O) groups is 1. The monoisotopic (exact) mass is 360 g/mol. The van der Waals surface area contributed by atoms with E-state index in [4.69, 9.17) is 0 Å². The van der Waals surface area contributed by atoms with Crippen LogP contribution in [0.25, 0.3) is 10.8 Å². The van der Waals surface area contributed by atoms with Gasteiger partial charge < -0.3 is 5.32 Å². The molecule has 25 heavy (non-hydrogen) atoms. The predicted octanol–water partition coefficient (Wildman–Crippen LogP) is 2.91. The number of benzene rings is 2. The van der Waals surface area contributed by atoms with Crippen molar-refractivity contribution in [1.29, 1.82) is 0 Å².